The number of amides is 1. The standard InChI is InChI=1S/C15H19N3O6/c1-10(24-15(19)16-11-5-3-2-4-6-11)13-8-7-12(17(20)21)9-14(13)18(22)23/h7-11H,2-6H2,1H3,(H,16,19). The Balaban J connectivity index is 2.07. The molecular formula is C15H19N3O6. The van der Waals surface area contributed by atoms with Gasteiger partial charge in [-0.3, -0.25) is 20.2 Å². The quantitative estimate of drug-likeness (QED) is 0.646. The van der Waals surface area contributed by atoms with Crippen LogP contribution in [0.3, 0.4) is 0 Å². The maximum absolute atomic E-state index is 11.9. The van der Waals surface area contributed by atoms with Crippen LogP contribution < -0.4 is 5.32 Å². The number of carbonyl (C=O) groups excluding carboxylic acids is 1. The Bertz CT molecular complexity index is 642. The Morgan fingerprint density at radius 3 is 2.46 bits per heavy atom. The van der Waals surface area contributed by atoms with E-state index >= 15 is 0 Å². The van der Waals surface area contributed by atoms with Gasteiger partial charge in [0.2, 0.25) is 0 Å². The molecule has 1 saturated carbocycles. The minimum Gasteiger partial charge on any atom is -0.441 e. The van der Waals surface area contributed by atoms with Crippen LogP contribution in [-0.4, -0.2) is 22.0 Å². The smallest absolute Gasteiger partial charge is 0.407 e. The zero-order valence-corrected chi connectivity index (χ0v) is 13.3. The fraction of sp³-hybridized carbons (Fsp3) is 0.533. The summed E-state index contributed by atoms with van der Waals surface area (Å²) >= 11 is 0. The fourth-order valence-electron chi connectivity index (χ4n) is 2.82. The van der Waals surface area contributed by atoms with Gasteiger partial charge in [-0.05, 0) is 25.8 Å². The minimum atomic E-state index is -0.894. The van der Waals surface area contributed by atoms with Crippen LogP contribution in [0.5, 0.6) is 0 Å². The monoisotopic (exact) mass is 337 g/mol. The lowest BCUT2D eigenvalue weighted by atomic mass is 9.96. The number of non-ortho nitro benzene ring substituents is 1. The Hall–Kier alpha value is -2.71. The van der Waals surface area contributed by atoms with Crippen molar-refractivity contribution in [3.8, 4) is 0 Å². The van der Waals surface area contributed by atoms with Gasteiger partial charge >= 0.3 is 6.09 Å². The molecule has 0 heterocycles. The highest BCUT2D eigenvalue weighted by Gasteiger charge is 2.26. The highest BCUT2D eigenvalue weighted by atomic mass is 16.6. The second kappa shape index (κ2) is 7.71. The lowest BCUT2D eigenvalue weighted by molar-refractivity contribution is -0.394. The number of nitrogens with one attached hydrogen (secondary N) is 1. The van der Waals surface area contributed by atoms with Crippen LogP contribution in [0.2, 0.25) is 0 Å². The predicted octanol–water partition coefficient (Wildman–Crippen LogP) is 3.62. The number of nitro benzene ring substituents is 2. The summed E-state index contributed by atoms with van der Waals surface area (Å²) in [6.07, 6.45) is 3.50. The third kappa shape index (κ3) is 4.40. The van der Waals surface area contributed by atoms with Crippen LogP contribution in [0.1, 0.15) is 50.7 Å². The molecule has 9 heteroatoms. The van der Waals surface area contributed by atoms with E-state index in [9.17, 15) is 25.0 Å². The number of hydrogen-bond donors (Lipinski definition) is 1. The molecule has 1 aliphatic carbocycles. The Morgan fingerprint density at radius 2 is 1.88 bits per heavy atom. The molecule has 0 saturated heterocycles. The van der Waals surface area contributed by atoms with Gasteiger partial charge in [0.15, 0.2) is 0 Å². The molecule has 1 aromatic carbocycles. The van der Waals surface area contributed by atoms with Crippen LogP contribution in [0, 0.1) is 20.2 Å². The van der Waals surface area contributed by atoms with Crippen LogP contribution >= 0.6 is 0 Å². The van der Waals surface area contributed by atoms with Crippen molar-refractivity contribution in [3.63, 3.8) is 0 Å². The number of benzene rings is 1. The average molecular weight is 337 g/mol. The number of alkyl carbamates (subject to hydrolysis) is 1. The molecule has 1 atom stereocenters. The van der Waals surface area contributed by atoms with Crippen molar-refractivity contribution >= 4 is 17.5 Å². The molecule has 0 radical (unpaired) electrons. The summed E-state index contributed by atoms with van der Waals surface area (Å²) in [5, 5.41) is 24.6. The zero-order chi connectivity index (χ0) is 17.7. The second-order valence-corrected chi connectivity index (χ2v) is 5.78. The SMILES string of the molecule is CC(OC(=O)NC1CCCCC1)c1ccc([N+](=O)[O-])cc1[N+](=O)[O-]. The normalized spacial score (nSPS) is 16.2. The number of rotatable bonds is 5. The molecule has 1 aromatic rings. The molecule has 1 N–H and O–H groups in total. The molecule has 1 fully saturated rings. The van der Waals surface area contributed by atoms with Gasteiger partial charge in [0.05, 0.1) is 21.5 Å². The lowest BCUT2D eigenvalue weighted by Gasteiger charge is -2.23. The molecule has 0 aliphatic heterocycles. The van der Waals surface area contributed by atoms with E-state index in [4.69, 9.17) is 4.74 Å². The molecule has 0 spiro atoms. The highest BCUT2D eigenvalue weighted by molar-refractivity contribution is 5.68. The van der Waals surface area contributed by atoms with E-state index in [-0.39, 0.29) is 17.3 Å². The first kappa shape index (κ1) is 17.6. The Labute approximate surface area is 138 Å². The first-order valence-corrected chi connectivity index (χ1v) is 7.78. The van der Waals surface area contributed by atoms with Gasteiger partial charge in [-0.1, -0.05) is 19.3 Å². The van der Waals surface area contributed by atoms with E-state index < -0.39 is 27.7 Å². The summed E-state index contributed by atoms with van der Waals surface area (Å²) in [5.74, 6) is 0. The number of nitro groups is 2. The molecule has 130 valence electrons. The van der Waals surface area contributed by atoms with Crippen molar-refractivity contribution in [2.75, 3.05) is 0 Å². The van der Waals surface area contributed by atoms with Gasteiger partial charge in [0, 0.05) is 12.1 Å². The lowest BCUT2D eigenvalue weighted by Crippen LogP contribution is -2.36. The summed E-state index contributed by atoms with van der Waals surface area (Å²) in [6, 6.07) is 3.33. The van der Waals surface area contributed by atoms with Crippen molar-refractivity contribution in [1.29, 1.82) is 0 Å². The third-order valence-electron chi connectivity index (χ3n) is 4.07. The summed E-state index contributed by atoms with van der Waals surface area (Å²) < 4.78 is 5.21. The van der Waals surface area contributed by atoms with Gasteiger partial charge in [-0.25, -0.2) is 4.79 Å². The van der Waals surface area contributed by atoms with E-state index in [1.807, 2.05) is 0 Å². The first-order valence-electron chi connectivity index (χ1n) is 7.78. The molecule has 9 nitrogen and oxygen atoms in total. The molecule has 1 aliphatic rings. The van der Waals surface area contributed by atoms with Crippen molar-refractivity contribution in [2.24, 2.45) is 0 Å². The molecule has 1 amide bonds. The van der Waals surface area contributed by atoms with E-state index in [2.05, 4.69) is 5.32 Å². The van der Waals surface area contributed by atoms with Crippen LogP contribution in [-0.2, 0) is 4.74 Å². The van der Waals surface area contributed by atoms with Gasteiger partial charge in [0.1, 0.15) is 6.10 Å². The number of carbonyl (C=O) groups is 1. The Kier molecular flexibility index (Phi) is 5.67. The van der Waals surface area contributed by atoms with Crippen molar-refractivity contribution in [3.05, 3.63) is 44.0 Å². The van der Waals surface area contributed by atoms with E-state index in [1.54, 1.807) is 0 Å². The van der Waals surface area contributed by atoms with Crippen molar-refractivity contribution < 1.29 is 19.4 Å². The van der Waals surface area contributed by atoms with Gasteiger partial charge in [-0.2, -0.15) is 0 Å². The average Bonchev–Trinajstić information content (AvgIpc) is 2.54. The minimum absolute atomic E-state index is 0.0605. The molecular weight excluding hydrogens is 318 g/mol. The van der Waals surface area contributed by atoms with Gasteiger partial charge < -0.3 is 10.1 Å². The van der Waals surface area contributed by atoms with Crippen LogP contribution in [0.25, 0.3) is 0 Å². The molecule has 2 rings (SSSR count). The van der Waals surface area contributed by atoms with E-state index in [0.717, 1.165) is 44.2 Å². The second-order valence-electron chi connectivity index (χ2n) is 5.78. The van der Waals surface area contributed by atoms with Crippen LogP contribution in [0.4, 0.5) is 16.2 Å². The zero-order valence-electron chi connectivity index (χ0n) is 13.3. The number of nitrogens with zero attached hydrogens (tertiary/aromatic N) is 2. The first-order chi connectivity index (χ1) is 11.4. The molecule has 0 bridgehead atoms. The predicted molar refractivity (Wildman–Crippen MR) is 84.7 cm³/mol. The van der Waals surface area contributed by atoms with Gasteiger partial charge in [-0.15, -0.1) is 0 Å². The third-order valence-corrected chi connectivity index (χ3v) is 4.07. The maximum Gasteiger partial charge on any atom is 0.407 e. The van der Waals surface area contributed by atoms with Gasteiger partial charge in [0.25, 0.3) is 11.4 Å². The fourth-order valence-corrected chi connectivity index (χ4v) is 2.82. The van der Waals surface area contributed by atoms with Crippen LogP contribution in [0.15, 0.2) is 18.2 Å². The summed E-state index contributed by atoms with van der Waals surface area (Å²) in [6.45, 7) is 1.49. The van der Waals surface area contributed by atoms with Crippen molar-refractivity contribution in [1.82, 2.24) is 5.32 Å². The molecule has 24 heavy (non-hydrogen) atoms. The van der Waals surface area contributed by atoms with E-state index in [0.29, 0.717) is 0 Å². The van der Waals surface area contributed by atoms with E-state index in [1.165, 1.54) is 13.0 Å². The van der Waals surface area contributed by atoms with Crippen molar-refractivity contribution in [2.45, 2.75) is 51.2 Å². The largest absolute Gasteiger partial charge is 0.441 e. The summed E-state index contributed by atoms with van der Waals surface area (Å²) in [7, 11) is 0. The summed E-state index contributed by atoms with van der Waals surface area (Å²) in [5.41, 5.74) is -0.712. The number of ether oxygens (including phenoxy) is 1. The summed E-state index contributed by atoms with van der Waals surface area (Å²) in [4.78, 5) is 32.4. The topological polar surface area (TPSA) is 125 Å². The highest BCUT2D eigenvalue weighted by Crippen LogP contribution is 2.31. The molecule has 0 aromatic heterocycles. The Morgan fingerprint density at radius 1 is 1.21 bits per heavy atom. The molecule has 1 unspecified atom stereocenters. The maximum atomic E-state index is 11.9. The number of hydrogen-bond acceptors (Lipinski definition) is 6.